The molecule has 1 rings (SSSR count). The molecule has 5 heteroatoms. The normalized spacial score (nSPS) is 11.1. The van der Waals surface area contributed by atoms with Gasteiger partial charge in [0.25, 0.3) is 0 Å². The van der Waals surface area contributed by atoms with Gasteiger partial charge in [-0.05, 0) is 0 Å². The predicted octanol–water partition coefficient (Wildman–Crippen LogP) is 0.954. The van der Waals surface area contributed by atoms with Gasteiger partial charge in [-0.2, -0.15) is 4.98 Å². The highest BCUT2D eigenvalue weighted by molar-refractivity contribution is 6.18. The molecule has 1 N–H and O–H groups in total. The molecule has 4 nitrogen and oxygen atoms in total. The Hall–Kier alpha value is -0.870. The first-order chi connectivity index (χ1) is 5.93. The first kappa shape index (κ1) is 9.22. The monoisotopic (exact) mass is 187 g/mol. The molecule has 0 unspecified atom stereocenters. The van der Waals surface area contributed by atoms with Crippen LogP contribution >= 0.6 is 11.6 Å². The fourth-order valence-electron chi connectivity index (χ4n) is 0.684. The molecule has 0 fully saturated rings. The number of halogens is 1. The minimum Gasteiger partial charge on any atom is -0.343 e. The van der Waals surface area contributed by atoms with E-state index in [-0.39, 0.29) is 0 Å². The van der Waals surface area contributed by atoms with E-state index >= 15 is 0 Å². The summed E-state index contributed by atoms with van der Waals surface area (Å²) in [6, 6.07) is 0. The van der Waals surface area contributed by atoms with Crippen LogP contribution in [0.25, 0.3) is 0 Å². The number of hydrogen-bond donors (Lipinski definition) is 1. The van der Waals surface area contributed by atoms with Gasteiger partial charge in [0.15, 0.2) is 5.82 Å². The number of nitrogens with zero attached hydrogens (tertiary/aromatic N) is 2. The summed E-state index contributed by atoms with van der Waals surface area (Å²) >= 11 is 5.43. The summed E-state index contributed by atoms with van der Waals surface area (Å²) in [7, 11) is 0. The van der Waals surface area contributed by atoms with Gasteiger partial charge in [0.05, 0.1) is 6.54 Å². The number of hydrogen-bond acceptors (Lipinski definition) is 4. The van der Waals surface area contributed by atoms with Crippen molar-refractivity contribution >= 4 is 11.6 Å². The minimum atomic E-state index is 0.546. The quantitative estimate of drug-likeness (QED) is 0.424. The molecule has 1 aromatic heterocycles. The van der Waals surface area contributed by atoms with Crippen LogP contribution in [-0.4, -0.2) is 22.6 Å². The fraction of sp³-hybridized carbons (Fsp3) is 0.429. The summed E-state index contributed by atoms with van der Waals surface area (Å²) in [6.45, 7) is 1.38. The average Bonchev–Trinajstić information content (AvgIpc) is 2.57. The van der Waals surface area contributed by atoms with Gasteiger partial charge in [0, 0.05) is 12.4 Å². The SMILES string of the molecule is ClC/C=C/CNCc1ncon1. The third-order valence-corrected chi connectivity index (χ3v) is 1.39. The lowest BCUT2D eigenvalue weighted by molar-refractivity contribution is 0.408. The van der Waals surface area contributed by atoms with Gasteiger partial charge in [0.2, 0.25) is 6.39 Å². The maximum absolute atomic E-state index is 5.43. The molecule has 0 atom stereocenters. The molecule has 0 aliphatic heterocycles. The third kappa shape index (κ3) is 3.50. The van der Waals surface area contributed by atoms with E-state index in [0.29, 0.717) is 18.2 Å². The molecular formula is C7H10ClN3O. The topological polar surface area (TPSA) is 51.0 Å². The standard InChI is InChI=1S/C7H10ClN3O/c8-3-1-2-4-9-5-7-10-6-12-11-7/h1-2,6,9H,3-5H2/b2-1+. The Bertz CT molecular complexity index is 223. The largest absolute Gasteiger partial charge is 0.343 e. The second kappa shape index (κ2) is 5.74. The van der Waals surface area contributed by atoms with Crippen LogP contribution in [0.5, 0.6) is 0 Å². The van der Waals surface area contributed by atoms with Crippen molar-refractivity contribution in [1.82, 2.24) is 15.5 Å². The lowest BCUT2D eigenvalue weighted by Gasteiger charge is -1.94. The maximum atomic E-state index is 5.43. The van der Waals surface area contributed by atoms with Crippen LogP contribution in [0.4, 0.5) is 0 Å². The lowest BCUT2D eigenvalue weighted by atomic mass is 10.5. The molecule has 1 heterocycles. The average molecular weight is 188 g/mol. The number of aromatic nitrogens is 2. The van der Waals surface area contributed by atoms with Crippen molar-refractivity contribution in [3.05, 3.63) is 24.4 Å². The van der Waals surface area contributed by atoms with E-state index in [1.54, 1.807) is 0 Å². The Morgan fingerprint density at radius 2 is 2.50 bits per heavy atom. The number of rotatable bonds is 5. The smallest absolute Gasteiger partial charge is 0.213 e. The first-order valence-corrected chi connectivity index (χ1v) is 4.14. The Balaban J connectivity index is 2.07. The van der Waals surface area contributed by atoms with E-state index in [1.807, 2.05) is 12.2 Å². The van der Waals surface area contributed by atoms with Crippen molar-refractivity contribution in [1.29, 1.82) is 0 Å². The van der Waals surface area contributed by atoms with Crippen LogP contribution in [0.2, 0.25) is 0 Å². The highest BCUT2D eigenvalue weighted by atomic mass is 35.5. The van der Waals surface area contributed by atoms with Gasteiger partial charge in [-0.1, -0.05) is 17.3 Å². The Morgan fingerprint density at radius 1 is 1.58 bits per heavy atom. The van der Waals surface area contributed by atoms with Gasteiger partial charge < -0.3 is 9.84 Å². The van der Waals surface area contributed by atoms with E-state index in [1.165, 1.54) is 6.39 Å². The van der Waals surface area contributed by atoms with Gasteiger partial charge in [0.1, 0.15) is 0 Å². The Morgan fingerprint density at radius 3 is 3.17 bits per heavy atom. The summed E-state index contributed by atoms with van der Waals surface area (Å²) in [6.07, 6.45) is 5.14. The number of nitrogens with one attached hydrogen (secondary N) is 1. The van der Waals surface area contributed by atoms with Gasteiger partial charge in [-0.3, -0.25) is 0 Å². The zero-order valence-electron chi connectivity index (χ0n) is 6.53. The highest BCUT2D eigenvalue weighted by Gasteiger charge is 1.93. The highest BCUT2D eigenvalue weighted by Crippen LogP contribution is 1.85. The number of allylic oxidation sites excluding steroid dienone is 1. The molecule has 0 amide bonds. The van der Waals surface area contributed by atoms with Crippen molar-refractivity contribution in [2.45, 2.75) is 6.54 Å². The number of alkyl halides is 1. The van der Waals surface area contributed by atoms with E-state index in [9.17, 15) is 0 Å². The Kier molecular flexibility index (Phi) is 4.41. The van der Waals surface area contributed by atoms with Crippen LogP contribution in [0.1, 0.15) is 5.82 Å². The summed E-state index contributed by atoms with van der Waals surface area (Å²) in [5, 5.41) is 6.73. The lowest BCUT2D eigenvalue weighted by Crippen LogP contribution is -2.13. The summed E-state index contributed by atoms with van der Waals surface area (Å²) < 4.78 is 4.55. The first-order valence-electron chi connectivity index (χ1n) is 3.60. The van der Waals surface area contributed by atoms with Crippen LogP contribution in [0, 0.1) is 0 Å². The van der Waals surface area contributed by atoms with E-state index in [4.69, 9.17) is 11.6 Å². The van der Waals surface area contributed by atoms with Crippen molar-refractivity contribution in [3.8, 4) is 0 Å². The zero-order valence-corrected chi connectivity index (χ0v) is 7.29. The molecule has 0 saturated heterocycles. The van der Waals surface area contributed by atoms with Crippen LogP contribution in [0.3, 0.4) is 0 Å². The minimum absolute atomic E-state index is 0.546. The van der Waals surface area contributed by atoms with Crippen LogP contribution in [0.15, 0.2) is 23.1 Å². The van der Waals surface area contributed by atoms with Crippen molar-refractivity contribution in [2.24, 2.45) is 0 Å². The maximum Gasteiger partial charge on any atom is 0.213 e. The molecule has 0 aliphatic rings. The zero-order chi connectivity index (χ0) is 8.65. The second-order valence-electron chi connectivity index (χ2n) is 2.10. The molecule has 0 radical (unpaired) electrons. The van der Waals surface area contributed by atoms with Crippen molar-refractivity contribution in [3.63, 3.8) is 0 Å². The molecule has 66 valence electrons. The van der Waals surface area contributed by atoms with E-state index in [0.717, 1.165) is 6.54 Å². The molecule has 12 heavy (non-hydrogen) atoms. The molecule has 0 aliphatic carbocycles. The van der Waals surface area contributed by atoms with Gasteiger partial charge in [-0.25, -0.2) is 0 Å². The van der Waals surface area contributed by atoms with Crippen LogP contribution in [-0.2, 0) is 6.54 Å². The summed E-state index contributed by atoms with van der Waals surface area (Å²) in [4.78, 5) is 3.84. The summed E-state index contributed by atoms with van der Waals surface area (Å²) in [5.41, 5.74) is 0. The van der Waals surface area contributed by atoms with Crippen molar-refractivity contribution in [2.75, 3.05) is 12.4 Å². The van der Waals surface area contributed by atoms with E-state index in [2.05, 4.69) is 20.0 Å². The fourth-order valence-corrected chi connectivity index (χ4v) is 0.810. The molecule has 1 aromatic rings. The van der Waals surface area contributed by atoms with E-state index < -0.39 is 0 Å². The molecule has 0 saturated carbocycles. The van der Waals surface area contributed by atoms with Gasteiger partial charge >= 0.3 is 0 Å². The van der Waals surface area contributed by atoms with Crippen LogP contribution < -0.4 is 5.32 Å². The predicted molar refractivity (Wildman–Crippen MR) is 45.9 cm³/mol. The molecule has 0 bridgehead atoms. The molecule has 0 spiro atoms. The second-order valence-corrected chi connectivity index (χ2v) is 2.41. The third-order valence-electron chi connectivity index (χ3n) is 1.21. The molecule has 0 aromatic carbocycles. The van der Waals surface area contributed by atoms with Gasteiger partial charge in [-0.15, -0.1) is 11.6 Å². The van der Waals surface area contributed by atoms with Crippen molar-refractivity contribution < 1.29 is 4.52 Å². The Labute approximate surface area is 75.6 Å². The summed E-state index contributed by atoms with van der Waals surface area (Å²) in [5.74, 6) is 1.21. The molecular weight excluding hydrogens is 178 g/mol.